The van der Waals surface area contributed by atoms with Crippen LogP contribution >= 0.6 is 0 Å². The summed E-state index contributed by atoms with van der Waals surface area (Å²) < 4.78 is 12.7. The zero-order chi connectivity index (χ0) is 13.2. The Labute approximate surface area is 112 Å². The van der Waals surface area contributed by atoms with Crippen LogP contribution in [0.2, 0.25) is 0 Å². The molecule has 0 bridgehead atoms. The molecule has 98 valence electrons. The highest BCUT2D eigenvalue weighted by atomic mass is 19.1. The molecular weight excluding hydrogens is 239 g/mol. The molecule has 1 heterocycles. The minimum absolute atomic E-state index is 0.434. The highest BCUT2D eigenvalue weighted by Crippen LogP contribution is 2.38. The Hall–Kier alpha value is -1.90. The van der Waals surface area contributed by atoms with Crippen LogP contribution in [0, 0.1) is 12.9 Å². The average molecular weight is 256 g/mol. The topological polar surface area (TPSA) is 24.9 Å². The van der Waals surface area contributed by atoms with Gasteiger partial charge in [0.2, 0.25) is 5.95 Å². The molecule has 0 atom stereocenters. The maximum Gasteiger partial charge on any atom is 0.212 e. The van der Waals surface area contributed by atoms with Gasteiger partial charge in [0.05, 0.1) is 11.9 Å². The smallest absolute Gasteiger partial charge is 0.212 e. The summed E-state index contributed by atoms with van der Waals surface area (Å²) in [5, 5.41) is 3.39. The predicted octanol–water partition coefficient (Wildman–Crippen LogP) is 3.89. The lowest BCUT2D eigenvalue weighted by atomic mass is 9.75. The molecule has 1 aliphatic carbocycles. The normalized spacial score (nSPS) is 21.8. The summed E-state index contributed by atoms with van der Waals surface area (Å²) in [6.45, 7) is 2.11. The number of rotatable bonds is 3. The molecule has 3 rings (SSSR count). The first kappa shape index (κ1) is 12.2. The highest BCUT2D eigenvalue weighted by Gasteiger charge is 2.30. The zero-order valence-electron chi connectivity index (χ0n) is 10.9. The lowest BCUT2D eigenvalue weighted by Gasteiger charge is -2.36. The number of nitrogens with zero attached hydrogens (tertiary/aromatic N) is 1. The number of benzene rings is 1. The molecule has 1 N–H and O–H groups in total. The Morgan fingerprint density at radius 2 is 1.84 bits per heavy atom. The molecule has 19 heavy (non-hydrogen) atoms. The Bertz CT molecular complexity index is 542. The molecule has 0 aliphatic heterocycles. The highest BCUT2D eigenvalue weighted by molar-refractivity contribution is 5.42. The summed E-state index contributed by atoms with van der Waals surface area (Å²) in [7, 11) is 0. The van der Waals surface area contributed by atoms with Gasteiger partial charge in [-0.3, -0.25) is 0 Å². The summed E-state index contributed by atoms with van der Waals surface area (Å²) >= 11 is 0. The van der Waals surface area contributed by atoms with Gasteiger partial charge in [-0.2, -0.15) is 4.39 Å². The van der Waals surface area contributed by atoms with Gasteiger partial charge in [0.25, 0.3) is 0 Å². The molecule has 0 amide bonds. The fourth-order valence-corrected chi connectivity index (χ4v) is 2.54. The maximum absolute atomic E-state index is 12.7. The van der Waals surface area contributed by atoms with Gasteiger partial charge < -0.3 is 5.32 Å². The maximum atomic E-state index is 12.7. The number of hydrogen-bond acceptors (Lipinski definition) is 2. The number of hydrogen-bond donors (Lipinski definition) is 1. The van der Waals surface area contributed by atoms with Crippen LogP contribution in [-0.2, 0) is 0 Å². The van der Waals surface area contributed by atoms with E-state index in [1.165, 1.54) is 17.2 Å². The van der Waals surface area contributed by atoms with Crippen LogP contribution in [0.5, 0.6) is 0 Å². The van der Waals surface area contributed by atoms with Crippen LogP contribution in [0.4, 0.5) is 10.1 Å². The molecule has 1 fully saturated rings. The number of anilines is 1. The summed E-state index contributed by atoms with van der Waals surface area (Å²) in [6, 6.07) is 12.4. The van der Waals surface area contributed by atoms with Crippen LogP contribution in [0.3, 0.4) is 0 Å². The van der Waals surface area contributed by atoms with E-state index in [9.17, 15) is 4.39 Å². The molecule has 0 saturated heterocycles. The van der Waals surface area contributed by atoms with Gasteiger partial charge in [0.1, 0.15) is 0 Å². The lowest BCUT2D eigenvalue weighted by Crippen LogP contribution is -2.34. The summed E-state index contributed by atoms with van der Waals surface area (Å²) in [4.78, 5) is 3.65. The molecule has 2 nitrogen and oxygen atoms in total. The van der Waals surface area contributed by atoms with Gasteiger partial charge in [0, 0.05) is 6.04 Å². The third kappa shape index (κ3) is 2.75. The van der Waals surface area contributed by atoms with E-state index in [1.54, 1.807) is 12.3 Å². The van der Waals surface area contributed by atoms with Crippen molar-refractivity contribution in [3.63, 3.8) is 0 Å². The van der Waals surface area contributed by atoms with Crippen LogP contribution in [0.15, 0.2) is 42.6 Å². The van der Waals surface area contributed by atoms with E-state index in [-0.39, 0.29) is 0 Å². The van der Waals surface area contributed by atoms with Crippen molar-refractivity contribution >= 4 is 5.69 Å². The Morgan fingerprint density at radius 3 is 2.47 bits per heavy atom. The molecule has 0 radical (unpaired) electrons. The number of pyridine rings is 1. The number of nitrogens with one attached hydrogen (secondary N) is 1. The van der Waals surface area contributed by atoms with Crippen molar-refractivity contribution in [3.05, 3.63) is 59.7 Å². The van der Waals surface area contributed by atoms with Crippen molar-refractivity contribution < 1.29 is 4.39 Å². The van der Waals surface area contributed by atoms with Crippen molar-refractivity contribution in [3.8, 4) is 0 Å². The van der Waals surface area contributed by atoms with E-state index in [1.807, 2.05) is 0 Å². The third-order valence-electron chi connectivity index (χ3n) is 3.79. The standard InChI is InChI=1S/C16H17FN2/c1-11-2-4-12(5-3-11)13-8-15(9-13)19-14-6-7-16(17)18-10-14/h2-7,10,13,15,19H,8-9H2,1H3. The van der Waals surface area contributed by atoms with Crippen molar-refractivity contribution in [2.45, 2.75) is 31.7 Å². The second-order valence-corrected chi connectivity index (χ2v) is 5.29. The van der Waals surface area contributed by atoms with E-state index in [4.69, 9.17) is 0 Å². The number of aryl methyl sites for hydroxylation is 1. The molecule has 1 aromatic carbocycles. The van der Waals surface area contributed by atoms with Crippen LogP contribution in [-0.4, -0.2) is 11.0 Å². The van der Waals surface area contributed by atoms with Crippen molar-refractivity contribution in [1.82, 2.24) is 4.98 Å². The fraction of sp³-hybridized carbons (Fsp3) is 0.312. The summed E-state index contributed by atoms with van der Waals surface area (Å²) in [5.74, 6) is 0.211. The zero-order valence-corrected chi connectivity index (χ0v) is 10.9. The first-order valence-corrected chi connectivity index (χ1v) is 6.65. The van der Waals surface area contributed by atoms with E-state index < -0.39 is 5.95 Å². The Morgan fingerprint density at radius 1 is 1.11 bits per heavy atom. The van der Waals surface area contributed by atoms with Crippen LogP contribution < -0.4 is 5.32 Å². The van der Waals surface area contributed by atoms with Crippen LogP contribution in [0.1, 0.15) is 29.9 Å². The molecule has 0 unspecified atom stereocenters. The van der Waals surface area contributed by atoms with Gasteiger partial charge in [-0.1, -0.05) is 29.8 Å². The van der Waals surface area contributed by atoms with Crippen molar-refractivity contribution in [2.24, 2.45) is 0 Å². The number of aromatic nitrogens is 1. The van der Waals surface area contributed by atoms with Gasteiger partial charge in [-0.15, -0.1) is 0 Å². The van der Waals surface area contributed by atoms with Crippen LogP contribution in [0.25, 0.3) is 0 Å². The molecule has 0 spiro atoms. The lowest BCUT2D eigenvalue weighted by molar-refractivity contribution is 0.374. The first-order chi connectivity index (χ1) is 9.20. The monoisotopic (exact) mass is 256 g/mol. The predicted molar refractivity (Wildman–Crippen MR) is 74.8 cm³/mol. The average Bonchev–Trinajstić information content (AvgIpc) is 2.37. The summed E-state index contributed by atoms with van der Waals surface area (Å²) in [5.41, 5.74) is 3.62. The minimum Gasteiger partial charge on any atom is -0.381 e. The quantitative estimate of drug-likeness (QED) is 0.843. The largest absolute Gasteiger partial charge is 0.381 e. The van der Waals surface area contributed by atoms with Gasteiger partial charge in [-0.25, -0.2) is 4.98 Å². The Balaban J connectivity index is 1.55. The first-order valence-electron chi connectivity index (χ1n) is 6.65. The molecule has 1 aliphatic rings. The van der Waals surface area contributed by atoms with E-state index in [0.29, 0.717) is 12.0 Å². The molecule has 3 heteroatoms. The Kier molecular flexibility index (Phi) is 3.20. The third-order valence-corrected chi connectivity index (χ3v) is 3.79. The summed E-state index contributed by atoms with van der Waals surface area (Å²) in [6.07, 6.45) is 3.80. The fourth-order valence-electron chi connectivity index (χ4n) is 2.54. The molecular formula is C16H17FN2. The van der Waals surface area contributed by atoms with Crippen molar-refractivity contribution in [1.29, 1.82) is 0 Å². The number of halogens is 1. The second-order valence-electron chi connectivity index (χ2n) is 5.29. The molecule has 1 saturated carbocycles. The van der Waals surface area contributed by atoms with E-state index in [0.717, 1.165) is 18.5 Å². The van der Waals surface area contributed by atoms with Gasteiger partial charge in [0.15, 0.2) is 0 Å². The van der Waals surface area contributed by atoms with Gasteiger partial charge >= 0.3 is 0 Å². The minimum atomic E-state index is -0.434. The SMILES string of the molecule is Cc1ccc(C2CC(Nc3ccc(F)nc3)C2)cc1. The van der Waals surface area contributed by atoms with E-state index in [2.05, 4.69) is 41.5 Å². The van der Waals surface area contributed by atoms with E-state index >= 15 is 0 Å². The van der Waals surface area contributed by atoms with Crippen molar-refractivity contribution in [2.75, 3.05) is 5.32 Å². The molecule has 2 aromatic rings. The molecule has 1 aromatic heterocycles. The van der Waals surface area contributed by atoms with Gasteiger partial charge in [-0.05, 0) is 43.4 Å². The second kappa shape index (κ2) is 5.00.